The SMILES string of the molecule is N#CC1(NC(=O)COC(=O)COc2ccccc2[N+](=O)[O-])CCCC1. The molecule has 1 N–H and O–H groups in total. The molecular weight excluding hydrogens is 330 g/mol. The molecule has 1 fully saturated rings. The first-order valence-corrected chi connectivity index (χ1v) is 7.70. The average Bonchev–Trinajstić information content (AvgIpc) is 3.07. The molecule has 1 aromatic rings. The summed E-state index contributed by atoms with van der Waals surface area (Å²) in [6, 6.07) is 7.71. The lowest BCUT2D eigenvalue weighted by atomic mass is 10.00. The van der Waals surface area contributed by atoms with Gasteiger partial charge in [-0.05, 0) is 31.7 Å². The molecular formula is C16H17N3O6. The topological polar surface area (TPSA) is 132 Å². The van der Waals surface area contributed by atoms with E-state index in [1.54, 1.807) is 0 Å². The molecule has 1 aromatic carbocycles. The van der Waals surface area contributed by atoms with Crippen LogP contribution in [0.1, 0.15) is 25.7 Å². The number of hydrogen-bond donors (Lipinski definition) is 1. The molecule has 0 spiro atoms. The molecule has 0 unspecified atom stereocenters. The van der Waals surface area contributed by atoms with E-state index in [1.807, 2.05) is 0 Å². The first kappa shape index (κ1) is 18.2. The van der Waals surface area contributed by atoms with Gasteiger partial charge in [0.05, 0.1) is 11.0 Å². The average molecular weight is 347 g/mol. The number of amides is 1. The van der Waals surface area contributed by atoms with E-state index in [-0.39, 0.29) is 11.4 Å². The van der Waals surface area contributed by atoms with E-state index in [0.29, 0.717) is 12.8 Å². The van der Waals surface area contributed by atoms with Crippen LogP contribution in [0.25, 0.3) is 0 Å². The first-order chi connectivity index (χ1) is 12.0. The van der Waals surface area contributed by atoms with Crippen molar-refractivity contribution in [3.8, 4) is 11.8 Å². The van der Waals surface area contributed by atoms with Gasteiger partial charge in [0.15, 0.2) is 19.0 Å². The second kappa shape index (κ2) is 8.10. The highest BCUT2D eigenvalue weighted by Crippen LogP contribution is 2.28. The Kier molecular flexibility index (Phi) is 5.89. The van der Waals surface area contributed by atoms with Crippen LogP contribution in [0, 0.1) is 21.4 Å². The van der Waals surface area contributed by atoms with Crippen molar-refractivity contribution < 1.29 is 24.0 Å². The van der Waals surface area contributed by atoms with Gasteiger partial charge in [-0.2, -0.15) is 5.26 Å². The highest BCUT2D eigenvalue weighted by Gasteiger charge is 2.35. The lowest BCUT2D eigenvalue weighted by Crippen LogP contribution is -2.46. The molecule has 0 atom stereocenters. The third kappa shape index (κ3) is 4.91. The van der Waals surface area contributed by atoms with Gasteiger partial charge in [0.2, 0.25) is 0 Å². The lowest BCUT2D eigenvalue weighted by molar-refractivity contribution is -0.385. The second-order valence-electron chi connectivity index (χ2n) is 5.62. The van der Waals surface area contributed by atoms with Gasteiger partial charge in [0.25, 0.3) is 5.91 Å². The summed E-state index contributed by atoms with van der Waals surface area (Å²) in [6.45, 7) is -1.11. The van der Waals surface area contributed by atoms with Gasteiger partial charge in [-0.15, -0.1) is 0 Å². The zero-order chi connectivity index (χ0) is 18.3. The van der Waals surface area contributed by atoms with Crippen LogP contribution in [0.15, 0.2) is 24.3 Å². The van der Waals surface area contributed by atoms with Crippen LogP contribution in [0.3, 0.4) is 0 Å². The fourth-order valence-corrected chi connectivity index (χ4v) is 2.60. The number of carbonyl (C=O) groups is 2. The van der Waals surface area contributed by atoms with E-state index in [4.69, 9.17) is 9.47 Å². The summed E-state index contributed by atoms with van der Waals surface area (Å²) in [6.07, 6.45) is 2.86. The Morgan fingerprint density at radius 3 is 2.60 bits per heavy atom. The maximum absolute atomic E-state index is 11.8. The largest absolute Gasteiger partial charge is 0.475 e. The highest BCUT2D eigenvalue weighted by molar-refractivity contribution is 5.81. The third-order valence-electron chi connectivity index (χ3n) is 3.82. The Morgan fingerprint density at radius 2 is 1.96 bits per heavy atom. The van der Waals surface area contributed by atoms with E-state index in [1.165, 1.54) is 24.3 Å². The molecule has 9 nitrogen and oxygen atoms in total. The Balaban J connectivity index is 1.78. The molecule has 0 saturated heterocycles. The van der Waals surface area contributed by atoms with Gasteiger partial charge in [0, 0.05) is 6.07 Å². The zero-order valence-corrected chi connectivity index (χ0v) is 13.4. The predicted octanol–water partition coefficient (Wildman–Crippen LogP) is 1.47. The van der Waals surface area contributed by atoms with Gasteiger partial charge >= 0.3 is 11.7 Å². The lowest BCUT2D eigenvalue weighted by Gasteiger charge is -2.21. The van der Waals surface area contributed by atoms with Crippen LogP contribution in [-0.2, 0) is 14.3 Å². The molecule has 0 bridgehead atoms. The van der Waals surface area contributed by atoms with Crippen molar-refractivity contribution in [1.29, 1.82) is 5.26 Å². The number of nitrogens with one attached hydrogen (secondary N) is 1. The summed E-state index contributed by atoms with van der Waals surface area (Å²) in [4.78, 5) is 33.6. The quantitative estimate of drug-likeness (QED) is 0.449. The van der Waals surface area contributed by atoms with Crippen LogP contribution in [0.4, 0.5) is 5.69 Å². The molecule has 0 radical (unpaired) electrons. The number of hydrogen-bond acceptors (Lipinski definition) is 7. The van der Waals surface area contributed by atoms with Gasteiger partial charge in [-0.1, -0.05) is 12.1 Å². The number of benzene rings is 1. The Labute approximate surface area is 143 Å². The monoisotopic (exact) mass is 347 g/mol. The molecule has 1 aliphatic rings. The molecule has 0 aromatic heterocycles. The molecule has 9 heteroatoms. The number of carbonyl (C=O) groups excluding carboxylic acids is 2. The van der Waals surface area contributed by atoms with Crippen LogP contribution < -0.4 is 10.1 Å². The van der Waals surface area contributed by atoms with Crippen molar-refractivity contribution in [3.05, 3.63) is 34.4 Å². The fourth-order valence-electron chi connectivity index (χ4n) is 2.60. The number of nitrogens with zero attached hydrogens (tertiary/aromatic N) is 2. The molecule has 1 amide bonds. The maximum atomic E-state index is 11.8. The summed E-state index contributed by atoms with van der Waals surface area (Å²) < 4.78 is 9.84. The zero-order valence-electron chi connectivity index (χ0n) is 13.4. The standard InChI is InChI=1S/C16H17N3O6/c17-11-16(7-3-4-8-16)18-14(20)9-25-15(21)10-24-13-6-2-1-5-12(13)19(22)23/h1-2,5-6H,3-4,7-10H2,(H,18,20). The van der Waals surface area contributed by atoms with E-state index >= 15 is 0 Å². The van der Waals surface area contributed by atoms with Crippen molar-refractivity contribution in [3.63, 3.8) is 0 Å². The van der Waals surface area contributed by atoms with Crippen molar-refractivity contribution in [2.45, 2.75) is 31.2 Å². The Bertz CT molecular complexity index is 706. The normalized spacial score (nSPS) is 15.0. The number of rotatable bonds is 7. The van der Waals surface area contributed by atoms with Crippen LogP contribution in [-0.4, -0.2) is 35.6 Å². The smallest absolute Gasteiger partial charge is 0.344 e. The molecule has 1 aliphatic carbocycles. The van der Waals surface area contributed by atoms with Crippen molar-refractivity contribution >= 4 is 17.6 Å². The van der Waals surface area contributed by atoms with Gasteiger partial charge in [0.1, 0.15) is 5.54 Å². The van der Waals surface area contributed by atoms with Crippen LogP contribution >= 0.6 is 0 Å². The van der Waals surface area contributed by atoms with Gasteiger partial charge in [-0.3, -0.25) is 14.9 Å². The summed E-state index contributed by atoms with van der Waals surface area (Å²) in [5, 5.41) is 22.6. The number of ether oxygens (including phenoxy) is 2. The number of para-hydroxylation sites is 2. The predicted molar refractivity (Wildman–Crippen MR) is 84.5 cm³/mol. The van der Waals surface area contributed by atoms with Crippen molar-refractivity contribution in [2.24, 2.45) is 0 Å². The number of esters is 1. The highest BCUT2D eigenvalue weighted by atomic mass is 16.6. The van der Waals surface area contributed by atoms with E-state index in [2.05, 4.69) is 11.4 Å². The third-order valence-corrected chi connectivity index (χ3v) is 3.82. The van der Waals surface area contributed by atoms with E-state index < -0.39 is 35.6 Å². The summed E-state index contributed by atoms with van der Waals surface area (Å²) in [7, 11) is 0. The van der Waals surface area contributed by atoms with Crippen LogP contribution in [0.2, 0.25) is 0 Å². The summed E-state index contributed by atoms with van der Waals surface area (Å²) in [5.74, 6) is -1.48. The summed E-state index contributed by atoms with van der Waals surface area (Å²) >= 11 is 0. The molecule has 2 rings (SSSR count). The number of nitriles is 1. The minimum Gasteiger partial charge on any atom is -0.475 e. The Morgan fingerprint density at radius 1 is 1.28 bits per heavy atom. The summed E-state index contributed by atoms with van der Waals surface area (Å²) in [5.41, 5.74) is -1.16. The van der Waals surface area contributed by atoms with E-state index in [0.717, 1.165) is 12.8 Å². The fraction of sp³-hybridized carbons (Fsp3) is 0.438. The number of nitro benzene ring substituents is 1. The molecule has 132 valence electrons. The molecule has 0 aliphatic heterocycles. The van der Waals surface area contributed by atoms with Gasteiger partial charge in [-0.25, -0.2) is 4.79 Å². The molecule has 1 saturated carbocycles. The van der Waals surface area contributed by atoms with Gasteiger partial charge < -0.3 is 14.8 Å². The maximum Gasteiger partial charge on any atom is 0.344 e. The van der Waals surface area contributed by atoms with Crippen molar-refractivity contribution in [1.82, 2.24) is 5.32 Å². The van der Waals surface area contributed by atoms with E-state index in [9.17, 15) is 25.0 Å². The minimum atomic E-state index is -0.884. The second-order valence-corrected chi connectivity index (χ2v) is 5.62. The number of nitro groups is 1. The first-order valence-electron chi connectivity index (χ1n) is 7.70. The molecule has 0 heterocycles. The Hall–Kier alpha value is -3.15. The minimum absolute atomic E-state index is 0.0664. The van der Waals surface area contributed by atoms with Crippen LogP contribution in [0.5, 0.6) is 5.75 Å². The molecule has 25 heavy (non-hydrogen) atoms. The van der Waals surface area contributed by atoms with Crippen molar-refractivity contribution in [2.75, 3.05) is 13.2 Å².